The molecule has 1 aliphatic heterocycles. The maximum Gasteiger partial charge on any atom is 0.244 e. The third-order valence-electron chi connectivity index (χ3n) is 3.81. The highest BCUT2D eigenvalue weighted by molar-refractivity contribution is 7.89. The van der Waals surface area contributed by atoms with Crippen LogP contribution in [0.4, 0.5) is 5.82 Å². The van der Waals surface area contributed by atoms with Gasteiger partial charge in [-0.15, -0.1) is 0 Å². The second-order valence-electron chi connectivity index (χ2n) is 5.69. The van der Waals surface area contributed by atoms with E-state index in [-0.39, 0.29) is 17.3 Å². The van der Waals surface area contributed by atoms with Crippen LogP contribution in [0.1, 0.15) is 25.7 Å². The van der Waals surface area contributed by atoms with Crippen molar-refractivity contribution < 1.29 is 13.2 Å². The minimum absolute atomic E-state index is 0.0712. The first kappa shape index (κ1) is 15.2. The molecule has 1 saturated carbocycles. The van der Waals surface area contributed by atoms with Gasteiger partial charge in [-0.1, -0.05) is 0 Å². The molecule has 2 fully saturated rings. The van der Waals surface area contributed by atoms with Crippen molar-refractivity contribution in [3.05, 3.63) is 18.3 Å². The summed E-state index contributed by atoms with van der Waals surface area (Å²) >= 11 is 0. The molecule has 0 atom stereocenters. The number of sulfonamides is 1. The van der Waals surface area contributed by atoms with Crippen LogP contribution in [-0.2, 0) is 14.8 Å². The highest BCUT2D eigenvalue weighted by Crippen LogP contribution is 2.21. The van der Waals surface area contributed by atoms with Crippen LogP contribution in [0, 0.1) is 0 Å². The number of pyridine rings is 1. The third-order valence-corrected chi connectivity index (χ3v) is 5.69. The van der Waals surface area contributed by atoms with Crippen molar-refractivity contribution in [2.75, 3.05) is 25.0 Å². The number of carbonyl (C=O) groups is 1. The summed E-state index contributed by atoms with van der Waals surface area (Å²) < 4.78 is 26.2. The summed E-state index contributed by atoms with van der Waals surface area (Å²) in [6, 6.07) is 3.45. The molecular weight excluding hydrogens is 304 g/mol. The molecule has 1 saturated heterocycles. The molecule has 22 heavy (non-hydrogen) atoms. The molecule has 0 unspecified atom stereocenters. The number of anilines is 1. The van der Waals surface area contributed by atoms with Crippen LogP contribution < -0.4 is 10.6 Å². The maximum atomic E-state index is 12.3. The Morgan fingerprint density at radius 3 is 2.59 bits per heavy atom. The van der Waals surface area contributed by atoms with E-state index in [4.69, 9.17) is 0 Å². The molecule has 0 aromatic carbocycles. The Hall–Kier alpha value is -1.67. The fraction of sp³-hybridized carbons (Fsp3) is 0.571. The highest BCUT2D eigenvalue weighted by Gasteiger charge is 2.27. The van der Waals surface area contributed by atoms with Gasteiger partial charge in [-0.3, -0.25) is 4.79 Å². The van der Waals surface area contributed by atoms with E-state index >= 15 is 0 Å². The summed E-state index contributed by atoms with van der Waals surface area (Å²) in [5, 5.41) is 5.76. The fourth-order valence-electron chi connectivity index (χ4n) is 2.39. The van der Waals surface area contributed by atoms with Crippen LogP contribution in [0.3, 0.4) is 0 Å². The number of hydrogen-bond donors (Lipinski definition) is 2. The number of carbonyl (C=O) groups excluding carboxylic acids is 1. The van der Waals surface area contributed by atoms with Gasteiger partial charge in [0.2, 0.25) is 15.9 Å². The zero-order valence-corrected chi connectivity index (χ0v) is 13.1. The van der Waals surface area contributed by atoms with Crippen LogP contribution in [0.2, 0.25) is 0 Å². The van der Waals surface area contributed by atoms with Gasteiger partial charge in [-0.05, 0) is 37.8 Å². The predicted molar refractivity (Wildman–Crippen MR) is 81.9 cm³/mol. The molecule has 120 valence electrons. The quantitative estimate of drug-likeness (QED) is 0.798. The van der Waals surface area contributed by atoms with E-state index < -0.39 is 10.0 Å². The average Bonchev–Trinajstić information content (AvgIpc) is 3.14. The summed E-state index contributed by atoms with van der Waals surface area (Å²) in [4.78, 5) is 15.8. The molecular formula is C14H20N4O3S. The Kier molecular flexibility index (Phi) is 4.30. The zero-order chi connectivity index (χ0) is 15.6. The lowest BCUT2D eigenvalue weighted by Crippen LogP contribution is -2.31. The molecule has 2 aliphatic rings. The minimum Gasteiger partial charge on any atom is -0.361 e. The van der Waals surface area contributed by atoms with Crippen molar-refractivity contribution in [3.8, 4) is 0 Å². The molecule has 2 heterocycles. The van der Waals surface area contributed by atoms with Crippen molar-refractivity contribution >= 4 is 21.7 Å². The van der Waals surface area contributed by atoms with Gasteiger partial charge < -0.3 is 10.6 Å². The molecule has 7 nitrogen and oxygen atoms in total. The molecule has 1 aromatic rings. The molecule has 0 spiro atoms. The Bertz CT molecular complexity index is 635. The first-order valence-corrected chi connectivity index (χ1v) is 8.99. The highest BCUT2D eigenvalue weighted by atomic mass is 32.2. The normalized spacial score (nSPS) is 19.1. The minimum atomic E-state index is -3.43. The number of nitrogens with zero attached hydrogens (tertiary/aromatic N) is 2. The maximum absolute atomic E-state index is 12.3. The lowest BCUT2D eigenvalue weighted by Gasteiger charge is -2.15. The topological polar surface area (TPSA) is 91.4 Å². The van der Waals surface area contributed by atoms with Gasteiger partial charge in [0.05, 0.1) is 6.54 Å². The second-order valence-corrected chi connectivity index (χ2v) is 7.62. The number of amides is 1. The standard InChI is InChI=1S/C14H20N4O3S/c19-14(17-11-3-4-11)10-16-13-6-5-12(9-15-13)22(20,21)18-7-1-2-8-18/h5-6,9,11H,1-4,7-8,10H2,(H,15,16)(H,17,19). The van der Waals surface area contributed by atoms with Crippen molar-refractivity contribution in [2.45, 2.75) is 36.6 Å². The summed E-state index contributed by atoms with van der Waals surface area (Å²) in [5.41, 5.74) is 0. The first-order valence-electron chi connectivity index (χ1n) is 7.55. The predicted octanol–water partition coefficient (Wildman–Crippen LogP) is 0.557. The van der Waals surface area contributed by atoms with Gasteiger partial charge in [0.1, 0.15) is 10.7 Å². The Morgan fingerprint density at radius 1 is 1.27 bits per heavy atom. The average molecular weight is 324 g/mol. The van der Waals surface area contributed by atoms with Crippen LogP contribution in [0.15, 0.2) is 23.2 Å². The lowest BCUT2D eigenvalue weighted by molar-refractivity contribution is -0.119. The van der Waals surface area contributed by atoms with Crippen molar-refractivity contribution in [1.82, 2.24) is 14.6 Å². The Balaban J connectivity index is 1.58. The largest absolute Gasteiger partial charge is 0.361 e. The summed E-state index contributed by atoms with van der Waals surface area (Å²) in [7, 11) is -3.43. The summed E-state index contributed by atoms with van der Waals surface area (Å²) in [6.07, 6.45) is 5.25. The monoisotopic (exact) mass is 324 g/mol. The second kappa shape index (κ2) is 6.21. The smallest absolute Gasteiger partial charge is 0.244 e. The molecule has 2 N–H and O–H groups in total. The third kappa shape index (κ3) is 3.56. The van der Waals surface area contributed by atoms with E-state index in [9.17, 15) is 13.2 Å². The first-order chi connectivity index (χ1) is 10.6. The fourth-order valence-corrected chi connectivity index (χ4v) is 3.86. The van der Waals surface area contributed by atoms with Gasteiger partial charge in [-0.25, -0.2) is 13.4 Å². The van der Waals surface area contributed by atoms with Crippen LogP contribution >= 0.6 is 0 Å². The van der Waals surface area contributed by atoms with E-state index in [2.05, 4.69) is 15.6 Å². The van der Waals surface area contributed by atoms with E-state index in [0.717, 1.165) is 25.7 Å². The zero-order valence-electron chi connectivity index (χ0n) is 12.3. The molecule has 8 heteroatoms. The van der Waals surface area contributed by atoms with Crippen LogP contribution in [0.25, 0.3) is 0 Å². The molecule has 0 bridgehead atoms. The van der Waals surface area contributed by atoms with Crippen LogP contribution in [-0.4, -0.2) is 49.3 Å². The number of hydrogen-bond acceptors (Lipinski definition) is 5. The van der Waals surface area contributed by atoms with E-state index in [1.807, 2.05) is 0 Å². The van der Waals surface area contributed by atoms with Crippen molar-refractivity contribution in [2.24, 2.45) is 0 Å². The molecule has 3 rings (SSSR count). The number of aromatic nitrogens is 1. The van der Waals surface area contributed by atoms with E-state index in [1.54, 1.807) is 6.07 Å². The Morgan fingerprint density at radius 2 is 2.00 bits per heavy atom. The number of rotatable bonds is 6. The van der Waals surface area contributed by atoms with E-state index in [1.165, 1.54) is 16.6 Å². The summed E-state index contributed by atoms with van der Waals surface area (Å²) in [5.74, 6) is 0.421. The lowest BCUT2D eigenvalue weighted by atomic mass is 10.4. The molecule has 0 radical (unpaired) electrons. The van der Waals surface area contributed by atoms with Crippen molar-refractivity contribution in [3.63, 3.8) is 0 Å². The molecule has 1 aromatic heterocycles. The Labute approximate surface area is 130 Å². The molecule has 1 amide bonds. The summed E-state index contributed by atoms with van der Waals surface area (Å²) in [6.45, 7) is 1.29. The van der Waals surface area contributed by atoms with Gasteiger partial charge in [0.25, 0.3) is 0 Å². The van der Waals surface area contributed by atoms with Gasteiger partial charge in [0.15, 0.2) is 0 Å². The van der Waals surface area contributed by atoms with Gasteiger partial charge in [-0.2, -0.15) is 4.31 Å². The number of nitrogens with one attached hydrogen (secondary N) is 2. The van der Waals surface area contributed by atoms with Gasteiger partial charge >= 0.3 is 0 Å². The SMILES string of the molecule is O=C(CNc1ccc(S(=O)(=O)N2CCCC2)cn1)NC1CC1. The van der Waals surface area contributed by atoms with Gasteiger partial charge in [0, 0.05) is 25.3 Å². The van der Waals surface area contributed by atoms with Crippen LogP contribution in [0.5, 0.6) is 0 Å². The molecule has 1 aliphatic carbocycles. The van der Waals surface area contributed by atoms with E-state index in [0.29, 0.717) is 24.9 Å². The van der Waals surface area contributed by atoms with Crippen molar-refractivity contribution in [1.29, 1.82) is 0 Å².